The van der Waals surface area contributed by atoms with Gasteiger partial charge in [-0.05, 0) is 0 Å². The Morgan fingerprint density at radius 2 is 0.700 bits per heavy atom. The van der Waals surface area contributed by atoms with Gasteiger partial charge in [0.25, 0.3) is 0 Å². The van der Waals surface area contributed by atoms with Crippen molar-refractivity contribution in [2.75, 3.05) is 17.6 Å². The second-order valence-corrected chi connectivity index (χ2v) is 14.2. The van der Waals surface area contributed by atoms with E-state index in [-0.39, 0.29) is 66.2 Å². The quantitative estimate of drug-likeness (QED) is 0.292. The monoisotopic (exact) mass is 867 g/mol. The molecule has 174 valence electrons. The van der Waals surface area contributed by atoms with Gasteiger partial charge < -0.3 is 0 Å². The van der Waals surface area contributed by atoms with Crippen LogP contribution in [0.5, 0.6) is 0 Å². The summed E-state index contributed by atoms with van der Waals surface area (Å²) < 4.78 is 3.11. The molecule has 1 aromatic rings. The van der Waals surface area contributed by atoms with Gasteiger partial charge in [0.05, 0.1) is 0 Å². The number of nitrogens with zero attached hydrogens (tertiary/aromatic N) is 3. The van der Waals surface area contributed by atoms with Gasteiger partial charge in [-0.25, -0.2) is 28.1 Å². The lowest BCUT2D eigenvalue weighted by molar-refractivity contribution is 0.439. The summed E-state index contributed by atoms with van der Waals surface area (Å²) in [6, 6.07) is 0. The molecular weight excluding hydrogens is 856 g/mol. The fourth-order valence-electron chi connectivity index (χ4n) is 2.31. The number of rotatable bonds is 12. The van der Waals surface area contributed by atoms with E-state index in [4.69, 9.17) is 34.8 Å². The third-order valence-electron chi connectivity index (χ3n) is 4.08. The van der Waals surface area contributed by atoms with Crippen LogP contribution in [-0.2, 0) is 19.6 Å². The van der Waals surface area contributed by atoms with E-state index in [1.807, 2.05) is 0 Å². The standard InChI is InChI=1S/C15H18Br6Cl3N3O3/c16-7(1-22)10(19)4-25-13(28)26(5-11(20)8(17)2-23)15(30)27(14(25)29)6-12(21)9(18)3-24/h7-12H,1-6H2. The zero-order valence-corrected chi connectivity index (χ0v) is 27.0. The van der Waals surface area contributed by atoms with Crippen molar-refractivity contribution < 1.29 is 0 Å². The molecule has 0 bridgehead atoms. The third kappa shape index (κ3) is 8.13. The molecule has 0 spiro atoms. The first-order valence-corrected chi connectivity index (χ1v) is 15.6. The molecule has 1 heterocycles. The van der Waals surface area contributed by atoms with Crippen molar-refractivity contribution in [3.05, 3.63) is 31.5 Å². The van der Waals surface area contributed by atoms with E-state index in [2.05, 4.69) is 95.6 Å². The molecule has 30 heavy (non-hydrogen) atoms. The van der Waals surface area contributed by atoms with E-state index in [1.165, 1.54) is 0 Å². The molecule has 6 unspecified atom stereocenters. The van der Waals surface area contributed by atoms with Crippen molar-refractivity contribution in [2.45, 2.75) is 48.6 Å². The van der Waals surface area contributed by atoms with E-state index < -0.39 is 17.1 Å². The highest BCUT2D eigenvalue weighted by Gasteiger charge is 2.26. The molecule has 0 aliphatic rings. The Hall–Kier alpha value is 2.16. The average molecular weight is 874 g/mol. The van der Waals surface area contributed by atoms with Gasteiger partial charge in [0.1, 0.15) is 0 Å². The molecule has 0 amide bonds. The summed E-state index contributed by atoms with van der Waals surface area (Å²) in [6.45, 7) is 0.0863. The maximum atomic E-state index is 13.1. The van der Waals surface area contributed by atoms with Gasteiger partial charge in [-0.1, -0.05) is 95.6 Å². The Balaban J connectivity index is 3.58. The van der Waals surface area contributed by atoms with Gasteiger partial charge in [-0.3, -0.25) is 0 Å². The summed E-state index contributed by atoms with van der Waals surface area (Å²) >= 11 is 38.2. The first-order chi connectivity index (χ1) is 14.0. The Kier molecular flexibility index (Phi) is 14.6. The van der Waals surface area contributed by atoms with Crippen LogP contribution in [0.2, 0.25) is 0 Å². The molecule has 0 saturated carbocycles. The van der Waals surface area contributed by atoms with E-state index in [1.54, 1.807) is 0 Å². The SMILES string of the molecule is O=c1n(CC(Br)C(Br)CCl)c(=O)n(CC(Br)C(Br)CCl)c(=O)n1CC(Br)C(Br)CCl. The summed E-state index contributed by atoms with van der Waals surface area (Å²) in [5.41, 5.74) is -2.09. The molecule has 0 radical (unpaired) electrons. The van der Waals surface area contributed by atoms with Crippen molar-refractivity contribution in [1.29, 1.82) is 0 Å². The predicted octanol–water partition coefficient (Wildman–Crippen LogP) is 4.47. The number of hydrogen-bond acceptors (Lipinski definition) is 3. The third-order valence-corrected chi connectivity index (χ3v) is 14.0. The highest BCUT2D eigenvalue weighted by atomic mass is 79.9. The normalized spacial score (nSPS) is 17.9. The fraction of sp³-hybridized carbons (Fsp3) is 0.800. The zero-order valence-electron chi connectivity index (χ0n) is 15.2. The summed E-state index contributed by atoms with van der Waals surface area (Å²) in [5.74, 6) is 0.814. The maximum absolute atomic E-state index is 13.1. The molecule has 0 aliphatic heterocycles. The van der Waals surface area contributed by atoms with Crippen molar-refractivity contribution in [3.63, 3.8) is 0 Å². The molecule has 6 nitrogen and oxygen atoms in total. The molecule has 15 heteroatoms. The van der Waals surface area contributed by atoms with Gasteiger partial charge in [-0.15, -0.1) is 34.8 Å². The van der Waals surface area contributed by atoms with Crippen molar-refractivity contribution in [2.24, 2.45) is 0 Å². The predicted molar refractivity (Wildman–Crippen MR) is 148 cm³/mol. The van der Waals surface area contributed by atoms with Crippen LogP contribution in [-0.4, -0.2) is 60.3 Å². The van der Waals surface area contributed by atoms with Gasteiger partial charge >= 0.3 is 17.1 Å². The Labute approximate surface area is 239 Å². The summed E-state index contributed by atoms with van der Waals surface area (Å²) in [6.07, 6.45) is 0. The number of hydrogen-bond donors (Lipinski definition) is 0. The van der Waals surface area contributed by atoms with E-state index in [0.29, 0.717) is 0 Å². The minimum atomic E-state index is -0.697. The lowest BCUT2D eigenvalue weighted by Crippen LogP contribution is -2.57. The second-order valence-electron chi connectivity index (χ2n) is 6.24. The highest BCUT2D eigenvalue weighted by Crippen LogP contribution is 2.19. The van der Waals surface area contributed by atoms with Crippen LogP contribution < -0.4 is 17.1 Å². The zero-order chi connectivity index (χ0) is 23.2. The maximum Gasteiger partial charge on any atom is 0.336 e. The molecule has 6 atom stereocenters. The van der Waals surface area contributed by atoms with Crippen LogP contribution in [0.15, 0.2) is 14.4 Å². The van der Waals surface area contributed by atoms with E-state index in [9.17, 15) is 14.4 Å². The lowest BCUT2D eigenvalue weighted by atomic mass is 10.3. The van der Waals surface area contributed by atoms with Crippen LogP contribution in [0.4, 0.5) is 0 Å². The van der Waals surface area contributed by atoms with Crippen LogP contribution in [0.3, 0.4) is 0 Å². The van der Waals surface area contributed by atoms with Crippen LogP contribution in [0.25, 0.3) is 0 Å². The summed E-state index contributed by atoms with van der Waals surface area (Å²) in [4.78, 5) is 37.7. The van der Waals surface area contributed by atoms with Crippen LogP contribution in [0.1, 0.15) is 0 Å². The minimum Gasteiger partial charge on any atom is -0.247 e. The molecule has 1 rings (SSSR count). The van der Waals surface area contributed by atoms with Crippen LogP contribution in [0, 0.1) is 0 Å². The Morgan fingerprint density at radius 3 is 0.867 bits per heavy atom. The summed E-state index contributed by atoms with van der Waals surface area (Å²) in [7, 11) is 0. The molecule has 0 aromatic carbocycles. The number of halogens is 9. The van der Waals surface area contributed by atoms with Gasteiger partial charge in [0.2, 0.25) is 0 Å². The number of aromatic nitrogens is 3. The van der Waals surface area contributed by atoms with E-state index >= 15 is 0 Å². The molecule has 0 saturated heterocycles. The van der Waals surface area contributed by atoms with Crippen molar-refractivity contribution in [1.82, 2.24) is 13.7 Å². The van der Waals surface area contributed by atoms with Crippen molar-refractivity contribution >= 4 is 130 Å². The largest absolute Gasteiger partial charge is 0.336 e. The molecular formula is C15H18Br6Cl3N3O3. The Morgan fingerprint density at radius 1 is 0.500 bits per heavy atom. The van der Waals surface area contributed by atoms with E-state index in [0.717, 1.165) is 13.7 Å². The molecule has 0 N–H and O–H groups in total. The Bertz CT molecular complexity index is 727. The topological polar surface area (TPSA) is 66.0 Å². The smallest absolute Gasteiger partial charge is 0.247 e. The first kappa shape index (κ1) is 30.2. The van der Waals surface area contributed by atoms with Crippen LogP contribution >= 0.6 is 130 Å². The van der Waals surface area contributed by atoms with Gasteiger partial charge in [-0.2, -0.15) is 0 Å². The molecule has 0 aliphatic carbocycles. The second kappa shape index (κ2) is 14.5. The summed E-state index contributed by atoms with van der Waals surface area (Å²) in [5, 5.41) is 0. The fourth-order valence-corrected chi connectivity index (χ4v) is 5.53. The molecule has 0 fully saturated rings. The molecule has 1 aromatic heterocycles. The first-order valence-electron chi connectivity index (χ1n) is 8.46. The average Bonchev–Trinajstić information content (AvgIpc) is 2.74. The minimum absolute atomic E-state index is 0.0288. The van der Waals surface area contributed by atoms with Gasteiger partial charge in [0, 0.05) is 66.2 Å². The highest BCUT2D eigenvalue weighted by molar-refractivity contribution is 9.13. The number of alkyl halides is 9. The lowest BCUT2D eigenvalue weighted by Gasteiger charge is -2.21. The van der Waals surface area contributed by atoms with Gasteiger partial charge in [0.15, 0.2) is 0 Å². The van der Waals surface area contributed by atoms with Crippen molar-refractivity contribution in [3.8, 4) is 0 Å².